The molecular formula is C17H34N2O2S. The minimum atomic E-state index is -0.524. The lowest BCUT2D eigenvalue weighted by atomic mass is 10.1. The molecule has 130 valence electrons. The Morgan fingerprint density at radius 3 is 1.86 bits per heavy atom. The molecule has 0 aromatic heterocycles. The largest absolute Gasteiger partial charge is 0.354 e. The van der Waals surface area contributed by atoms with Gasteiger partial charge in [-0.1, -0.05) is 64.7 Å². The molecule has 2 N–H and O–H groups in total. The van der Waals surface area contributed by atoms with Crippen molar-refractivity contribution < 1.29 is 9.59 Å². The first-order chi connectivity index (χ1) is 10.6. The molecule has 2 amide bonds. The fourth-order valence-electron chi connectivity index (χ4n) is 2.39. The van der Waals surface area contributed by atoms with Gasteiger partial charge < -0.3 is 10.6 Å². The van der Waals surface area contributed by atoms with Gasteiger partial charge >= 0.3 is 0 Å². The summed E-state index contributed by atoms with van der Waals surface area (Å²) in [6.45, 7) is 4.33. The van der Waals surface area contributed by atoms with Gasteiger partial charge in [0.15, 0.2) is 0 Å². The molecule has 0 aliphatic carbocycles. The molecule has 4 nitrogen and oxygen atoms in total. The quantitative estimate of drug-likeness (QED) is 0.337. The fraction of sp³-hybridized carbons (Fsp3) is 0.882. The lowest BCUT2D eigenvalue weighted by molar-refractivity contribution is -0.127. The molecule has 0 saturated carbocycles. The van der Waals surface area contributed by atoms with Crippen LogP contribution in [-0.4, -0.2) is 30.2 Å². The lowest BCUT2D eigenvalue weighted by Gasteiger charge is -2.15. The van der Waals surface area contributed by atoms with Crippen molar-refractivity contribution in [3.05, 3.63) is 0 Å². The van der Waals surface area contributed by atoms with Gasteiger partial charge in [0.25, 0.3) is 0 Å². The average Bonchev–Trinajstić information content (AvgIpc) is 2.49. The molecule has 0 radical (unpaired) electrons. The topological polar surface area (TPSA) is 58.2 Å². The smallest absolute Gasteiger partial charge is 0.243 e. The molecular weight excluding hydrogens is 296 g/mol. The standard InChI is InChI=1S/C17H34N2O2S/c1-3-4-5-6-7-8-9-10-11-12-13-18-17(21)16(14-22)19-15(2)20/h16,22H,3-14H2,1-2H3,(H,18,21)(H,19,20)/t16-/m0/s1. The molecule has 0 unspecified atom stereocenters. The van der Waals surface area contributed by atoms with E-state index in [2.05, 4.69) is 30.2 Å². The highest BCUT2D eigenvalue weighted by Crippen LogP contribution is 2.10. The Hall–Kier alpha value is -0.710. The molecule has 0 heterocycles. The van der Waals surface area contributed by atoms with E-state index >= 15 is 0 Å². The number of unbranched alkanes of at least 4 members (excludes halogenated alkanes) is 9. The molecule has 22 heavy (non-hydrogen) atoms. The van der Waals surface area contributed by atoms with Crippen LogP contribution in [-0.2, 0) is 9.59 Å². The third kappa shape index (κ3) is 13.0. The first-order valence-corrected chi connectivity index (χ1v) is 9.40. The number of rotatable bonds is 14. The minimum Gasteiger partial charge on any atom is -0.354 e. The zero-order valence-electron chi connectivity index (χ0n) is 14.3. The van der Waals surface area contributed by atoms with E-state index in [1.54, 1.807) is 0 Å². The molecule has 5 heteroatoms. The van der Waals surface area contributed by atoms with Gasteiger partial charge in [-0.15, -0.1) is 0 Å². The van der Waals surface area contributed by atoms with Gasteiger partial charge in [-0.3, -0.25) is 9.59 Å². The highest BCUT2D eigenvalue weighted by Gasteiger charge is 2.16. The molecule has 0 fully saturated rings. The van der Waals surface area contributed by atoms with E-state index in [1.807, 2.05) is 0 Å². The molecule has 0 aliphatic rings. The summed E-state index contributed by atoms with van der Waals surface area (Å²) in [5.74, 6) is -0.0158. The first-order valence-electron chi connectivity index (χ1n) is 8.77. The molecule has 0 saturated heterocycles. The Bertz CT molecular complexity index is 298. The number of nitrogens with one attached hydrogen (secondary N) is 2. The van der Waals surface area contributed by atoms with Crippen molar-refractivity contribution >= 4 is 24.4 Å². The maximum Gasteiger partial charge on any atom is 0.243 e. The number of hydrogen-bond acceptors (Lipinski definition) is 3. The maximum atomic E-state index is 11.8. The Morgan fingerprint density at radius 2 is 1.41 bits per heavy atom. The first kappa shape index (κ1) is 21.3. The number of carbonyl (C=O) groups is 2. The number of carbonyl (C=O) groups excluding carboxylic acids is 2. The van der Waals surface area contributed by atoms with Crippen LogP contribution in [0.3, 0.4) is 0 Å². The molecule has 0 rings (SSSR count). The van der Waals surface area contributed by atoms with Gasteiger partial charge in [0.05, 0.1) is 0 Å². The van der Waals surface area contributed by atoms with Crippen LogP contribution in [0.2, 0.25) is 0 Å². The highest BCUT2D eigenvalue weighted by atomic mass is 32.1. The van der Waals surface area contributed by atoms with Gasteiger partial charge in [0.2, 0.25) is 11.8 Å². The van der Waals surface area contributed by atoms with Crippen LogP contribution >= 0.6 is 12.6 Å². The Labute approximate surface area is 141 Å². The molecule has 0 bridgehead atoms. The summed E-state index contributed by atoms with van der Waals surface area (Å²) in [6.07, 6.45) is 12.8. The fourth-order valence-corrected chi connectivity index (χ4v) is 2.64. The van der Waals surface area contributed by atoms with Gasteiger partial charge in [-0.25, -0.2) is 0 Å². The Morgan fingerprint density at radius 1 is 0.909 bits per heavy atom. The van der Waals surface area contributed by atoms with E-state index in [1.165, 1.54) is 58.3 Å². The van der Waals surface area contributed by atoms with E-state index in [0.717, 1.165) is 12.8 Å². The summed E-state index contributed by atoms with van der Waals surface area (Å²) in [6, 6.07) is -0.524. The highest BCUT2D eigenvalue weighted by molar-refractivity contribution is 7.80. The number of amides is 2. The summed E-state index contributed by atoms with van der Waals surface area (Å²) in [5.41, 5.74) is 0. The monoisotopic (exact) mass is 330 g/mol. The van der Waals surface area contributed by atoms with Crippen LogP contribution in [0.1, 0.15) is 78.1 Å². The molecule has 0 aromatic rings. The molecule has 1 atom stereocenters. The van der Waals surface area contributed by atoms with Crippen molar-refractivity contribution in [3.63, 3.8) is 0 Å². The van der Waals surface area contributed by atoms with Crippen molar-refractivity contribution in [1.82, 2.24) is 10.6 Å². The van der Waals surface area contributed by atoms with Crippen molar-refractivity contribution in [3.8, 4) is 0 Å². The van der Waals surface area contributed by atoms with Crippen LogP contribution in [0.25, 0.3) is 0 Å². The summed E-state index contributed by atoms with van der Waals surface area (Å²) in [5, 5.41) is 5.45. The van der Waals surface area contributed by atoms with E-state index in [0.29, 0.717) is 12.3 Å². The van der Waals surface area contributed by atoms with Crippen LogP contribution in [0.5, 0.6) is 0 Å². The van der Waals surface area contributed by atoms with E-state index in [-0.39, 0.29) is 11.8 Å². The summed E-state index contributed by atoms with van der Waals surface area (Å²) < 4.78 is 0. The Balaban J connectivity index is 3.41. The van der Waals surface area contributed by atoms with E-state index < -0.39 is 6.04 Å². The normalized spacial score (nSPS) is 12.0. The van der Waals surface area contributed by atoms with Crippen LogP contribution in [0.15, 0.2) is 0 Å². The van der Waals surface area contributed by atoms with Gasteiger partial charge in [0.1, 0.15) is 6.04 Å². The summed E-state index contributed by atoms with van der Waals surface area (Å²) >= 11 is 4.09. The molecule has 0 spiro atoms. The SMILES string of the molecule is CCCCCCCCCCCCNC(=O)[C@H](CS)NC(C)=O. The number of hydrogen-bond donors (Lipinski definition) is 3. The average molecular weight is 331 g/mol. The van der Waals surface area contributed by atoms with Crippen molar-refractivity contribution in [2.45, 2.75) is 84.1 Å². The lowest BCUT2D eigenvalue weighted by Crippen LogP contribution is -2.47. The second-order valence-electron chi connectivity index (χ2n) is 5.91. The van der Waals surface area contributed by atoms with E-state index in [4.69, 9.17) is 0 Å². The second kappa shape index (κ2) is 15.2. The maximum absolute atomic E-state index is 11.8. The van der Waals surface area contributed by atoms with Crippen molar-refractivity contribution in [2.75, 3.05) is 12.3 Å². The second-order valence-corrected chi connectivity index (χ2v) is 6.27. The van der Waals surface area contributed by atoms with E-state index in [9.17, 15) is 9.59 Å². The zero-order chi connectivity index (χ0) is 16.6. The van der Waals surface area contributed by atoms with Crippen molar-refractivity contribution in [1.29, 1.82) is 0 Å². The predicted molar refractivity (Wildman–Crippen MR) is 96.3 cm³/mol. The van der Waals surface area contributed by atoms with Gasteiger partial charge in [0, 0.05) is 19.2 Å². The van der Waals surface area contributed by atoms with Crippen LogP contribution in [0, 0.1) is 0 Å². The summed E-state index contributed by atoms with van der Waals surface area (Å²) in [7, 11) is 0. The predicted octanol–water partition coefficient (Wildman–Crippen LogP) is 3.46. The zero-order valence-corrected chi connectivity index (χ0v) is 15.2. The van der Waals surface area contributed by atoms with Gasteiger partial charge in [-0.05, 0) is 6.42 Å². The van der Waals surface area contributed by atoms with Crippen molar-refractivity contribution in [2.24, 2.45) is 0 Å². The molecule has 0 aliphatic heterocycles. The third-order valence-electron chi connectivity index (χ3n) is 3.71. The third-order valence-corrected chi connectivity index (χ3v) is 4.07. The van der Waals surface area contributed by atoms with Crippen LogP contribution in [0.4, 0.5) is 0 Å². The minimum absolute atomic E-state index is 0.138. The van der Waals surface area contributed by atoms with Crippen LogP contribution < -0.4 is 10.6 Å². The van der Waals surface area contributed by atoms with Gasteiger partial charge in [-0.2, -0.15) is 12.6 Å². The summed E-state index contributed by atoms with van der Waals surface area (Å²) in [4.78, 5) is 22.7. The number of thiol groups is 1. The Kier molecular flexibility index (Phi) is 14.7. The molecule has 0 aromatic carbocycles.